The molecule has 2 rings (SSSR count). The maximum absolute atomic E-state index is 11.7. The van der Waals surface area contributed by atoms with Crippen LogP contribution in [0.15, 0.2) is 18.3 Å². The van der Waals surface area contributed by atoms with Gasteiger partial charge < -0.3 is 15.2 Å². The van der Waals surface area contributed by atoms with Gasteiger partial charge in [0.1, 0.15) is 6.61 Å². The number of nitrogens with one attached hydrogen (secondary N) is 1. The van der Waals surface area contributed by atoms with Crippen molar-refractivity contribution in [2.45, 2.75) is 37.7 Å². The van der Waals surface area contributed by atoms with E-state index in [0.29, 0.717) is 36.9 Å². The summed E-state index contributed by atoms with van der Waals surface area (Å²) in [4.78, 5) is 15.7. The molecule has 0 atom stereocenters. The number of nitrogens with zero attached hydrogens (tertiary/aromatic N) is 1. The van der Waals surface area contributed by atoms with Gasteiger partial charge in [-0.05, 0) is 18.9 Å². The Morgan fingerprint density at radius 2 is 2.20 bits per heavy atom. The highest BCUT2D eigenvalue weighted by Gasteiger charge is 2.33. The summed E-state index contributed by atoms with van der Waals surface area (Å²) in [5, 5.41) is 13.4. The number of halogens is 1. The van der Waals surface area contributed by atoms with Gasteiger partial charge in [-0.1, -0.05) is 24.4 Å². The number of hydrogen-bond donors (Lipinski definition) is 2. The van der Waals surface area contributed by atoms with E-state index in [1.807, 2.05) is 0 Å². The van der Waals surface area contributed by atoms with E-state index in [0.717, 1.165) is 12.8 Å². The standard InChI is InChI=1S/C14H19ClN2O3/c15-11-3-4-13(17-10-11)20-8-7-16-12(18)9-14(19)5-1-2-6-14/h3-4,10,19H,1-2,5-9H2,(H,16,18). The number of aromatic nitrogens is 1. The number of hydrogen-bond acceptors (Lipinski definition) is 4. The fourth-order valence-electron chi connectivity index (χ4n) is 2.36. The van der Waals surface area contributed by atoms with Gasteiger partial charge in [-0.2, -0.15) is 0 Å². The lowest BCUT2D eigenvalue weighted by atomic mass is 9.98. The Balaban J connectivity index is 1.63. The second kappa shape index (κ2) is 6.90. The molecule has 1 heterocycles. The molecule has 0 saturated heterocycles. The Labute approximate surface area is 123 Å². The molecule has 1 aromatic rings. The molecule has 6 heteroatoms. The molecule has 1 aliphatic carbocycles. The molecule has 20 heavy (non-hydrogen) atoms. The van der Waals surface area contributed by atoms with Crippen molar-refractivity contribution in [3.05, 3.63) is 23.4 Å². The number of pyridine rings is 1. The Morgan fingerprint density at radius 1 is 1.45 bits per heavy atom. The Morgan fingerprint density at radius 3 is 2.85 bits per heavy atom. The van der Waals surface area contributed by atoms with E-state index in [-0.39, 0.29) is 12.3 Å². The number of rotatable bonds is 6. The smallest absolute Gasteiger partial charge is 0.223 e. The highest BCUT2D eigenvalue weighted by atomic mass is 35.5. The number of carbonyl (C=O) groups excluding carboxylic acids is 1. The quantitative estimate of drug-likeness (QED) is 0.787. The van der Waals surface area contributed by atoms with Gasteiger partial charge in [-0.25, -0.2) is 4.98 Å². The van der Waals surface area contributed by atoms with Crippen molar-refractivity contribution in [1.29, 1.82) is 0 Å². The van der Waals surface area contributed by atoms with Crippen molar-refractivity contribution >= 4 is 17.5 Å². The summed E-state index contributed by atoms with van der Waals surface area (Å²) >= 11 is 5.71. The maximum atomic E-state index is 11.7. The molecule has 1 aromatic heterocycles. The molecule has 1 aliphatic rings. The Bertz CT molecular complexity index is 444. The molecule has 2 N–H and O–H groups in total. The first-order valence-electron chi connectivity index (χ1n) is 6.81. The SMILES string of the molecule is O=C(CC1(O)CCCC1)NCCOc1ccc(Cl)cn1. The fraction of sp³-hybridized carbons (Fsp3) is 0.571. The molecule has 0 spiro atoms. The van der Waals surface area contributed by atoms with Crippen LogP contribution < -0.4 is 10.1 Å². The number of ether oxygens (including phenoxy) is 1. The van der Waals surface area contributed by atoms with Gasteiger partial charge in [0.25, 0.3) is 0 Å². The summed E-state index contributed by atoms with van der Waals surface area (Å²) in [5.74, 6) is 0.333. The van der Waals surface area contributed by atoms with Gasteiger partial charge in [-0.3, -0.25) is 4.79 Å². The van der Waals surface area contributed by atoms with E-state index in [1.165, 1.54) is 6.20 Å². The highest BCUT2D eigenvalue weighted by molar-refractivity contribution is 6.30. The minimum Gasteiger partial charge on any atom is -0.476 e. The molecule has 0 radical (unpaired) electrons. The Hall–Kier alpha value is -1.33. The lowest BCUT2D eigenvalue weighted by molar-refractivity contribution is -0.126. The predicted molar refractivity (Wildman–Crippen MR) is 75.8 cm³/mol. The third-order valence-corrected chi connectivity index (χ3v) is 3.62. The van der Waals surface area contributed by atoms with E-state index >= 15 is 0 Å². The van der Waals surface area contributed by atoms with Crippen molar-refractivity contribution in [2.24, 2.45) is 0 Å². The second-order valence-corrected chi connectivity index (χ2v) is 5.56. The molecule has 0 unspecified atom stereocenters. The van der Waals surface area contributed by atoms with E-state index < -0.39 is 5.60 Å². The van der Waals surface area contributed by atoms with Gasteiger partial charge in [0, 0.05) is 12.3 Å². The van der Waals surface area contributed by atoms with Gasteiger partial charge in [-0.15, -0.1) is 0 Å². The van der Waals surface area contributed by atoms with Gasteiger partial charge in [0.2, 0.25) is 11.8 Å². The molecular weight excluding hydrogens is 280 g/mol. The molecule has 0 bridgehead atoms. The van der Waals surface area contributed by atoms with E-state index in [2.05, 4.69) is 10.3 Å². The zero-order chi connectivity index (χ0) is 14.4. The first-order chi connectivity index (χ1) is 9.57. The van der Waals surface area contributed by atoms with Gasteiger partial charge in [0.05, 0.1) is 23.6 Å². The summed E-state index contributed by atoms with van der Waals surface area (Å²) in [7, 11) is 0. The van der Waals surface area contributed by atoms with Crippen molar-refractivity contribution in [3.8, 4) is 5.88 Å². The van der Waals surface area contributed by atoms with E-state index in [1.54, 1.807) is 12.1 Å². The molecule has 1 saturated carbocycles. The Kier molecular flexibility index (Phi) is 5.20. The monoisotopic (exact) mass is 298 g/mol. The number of amides is 1. The topological polar surface area (TPSA) is 71.5 Å². The van der Waals surface area contributed by atoms with E-state index in [9.17, 15) is 9.90 Å². The number of aliphatic hydroxyl groups is 1. The van der Waals surface area contributed by atoms with Crippen molar-refractivity contribution in [3.63, 3.8) is 0 Å². The summed E-state index contributed by atoms with van der Waals surface area (Å²) in [5.41, 5.74) is -0.803. The van der Waals surface area contributed by atoms with Crippen molar-refractivity contribution < 1.29 is 14.6 Å². The lowest BCUT2D eigenvalue weighted by Crippen LogP contribution is -2.36. The van der Waals surface area contributed by atoms with Crippen LogP contribution in [0.3, 0.4) is 0 Å². The van der Waals surface area contributed by atoms with Crippen molar-refractivity contribution in [1.82, 2.24) is 10.3 Å². The van der Waals surface area contributed by atoms with Gasteiger partial charge >= 0.3 is 0 Å². The maximum Gasteiger partial charge on any atom is 0.223 e. The molecule has 5 nitrogen and oxygen atoms in total. The van der Waals surface area contributed by atoms with Crippen LogP contribution in [0.25, 0.3) is 0 Å². The molecular formula is C14H19ClN2O3. The van der Waals surface area contributed by atoms with Crippen LogP contribution >= 0.6 is 11.6 Å². The van der Waals surface area contributed by atoms with Crippen LogP contribution in [-0.4, -0.2) is 34.8 Å². The fourth-order valence-corrected chi connectivity index (χ4v) is 2.48. The van der Waals surface area contributed by atoms with Crippen molar-refractivity contribution in [2.75, 3.05) is 13.2 Å². The lowest BCUT2D eigenvalue weighted by Gasteiger charge is -2.21. The summed E-state index contributed by atoms with van der Waals surface area (Å²) in [6.45, 7) is 0.720. The molecule has 1 amide bonds. The van der Waals surface area contributed by atoms with Crippen LogP contribution in [0.5, 0.6) is 5.88 Å². The molecule has 0 aliphatic heterocycles. The summed E-state index contributed by atoms with van der Waals surface area (Å²) in [6.07, 6.45) is 5.10. The van der Waals surface area contributed by atoms with Gasteiger partial charge in [0.15, 0.2) is 0 Å². The number of carbonyl (C=O) groups is 1. The van der Waals surface area contributed by atoms with Crippen LogP contribution in [-0.2, 0) is 4.79 Å². The second-order valence-electron chi connectivity index (χ2n) is 5.12. The normalized spacial score (nSPS) is 16.9. The zero-order valence-corrected chi connectivity index (χ0v) is 12.0. The van der Waals surface area contributed by atoms with Crippen LogP contribution in [0.2, 0.25) is 5.02 Å². The average molecular weight is 299 g/mol. The zero-order valence-electron chi connectivity index (χ0n) is 11.3. The summed E-state index contributed by atoms with van der Waals surface area (Å²) < 4.78 is 5.36. The molecule has 110 valence electrons. The third-order valence-electron chi connectivity index (χ3n) is 3.40. The van der Waals surface area contributed by atoms with Crippen LogP contribution in [0.4, 0.5) is 0 Å². The van der Waals surface area contributed by atoms with Crippen LogP contribution in [0.1, 0.15) is 32.1 Å². The minimum atomic E-state index is -0.803. The average Bonchev–Trinajstić information content (AvgIpc) is 2.83. The molecule has 1 fully saturated rings. The predicted octanol–water partition coefficient (Wildman–Crippen LogP) is 1.93. The molecule has 0 aromatic carbocycles. The first-order valence-corrected chi connectivity index (χ1v) is 7.19. The van der Waals surface area contributed by atoms with E-state index in [4.69, 9.17) is 16.3 Å². The first kappa shape index (κ1) is 15.1. The van der Waals surface area contributed by atoms with Crippen LogP contribution in [0, 0.1) is 0 Å². The summed E-state index contributed by atoms with van der Waals surface area (Å²) in [6, 6.07) is 3.36. The third kappa shape index (κ3) is 4.65. The largest absolute Gasteiger partial charge is 0.476 e. The highest BCUT2D eigenvalue weighted by Crippen LogP contribution is 2.32. The minimum absolute atomic E-state index is 0.137.